The number of pyridine rings is 1. The number of aromatic amines is 1. The van der Waals surface area contributed by atoms with Gasteiger partial charge in [-0.25, -0.2) is 8.42 Å². The van der Waals surface area contributed by atoms with E-state index in [1.807, 2.05) is 0 Å². The van der Waals surface area contributed by atoms with Crippen LogP contribution in [0.4, 0.5) is 0 Å². The van der Waals surface area contributed by atoms with Crippen LogP contribution in [0.5, 0.6) is 0 Å². The molecule has 4 nitrogen and oxygen atoms in total. The second-order valence-electron chi connectivity index (χ2n) is 3.77. The predicted molar refractivity (Wildman–Crippen MR) is 72.1 cm³/mol. The molecule has 0 spiro atoms. The zero-order valence-electron chi connectivity index (χ0n) is 9.26. The number of H-pyrrole nitrogens is 1. The molecule has 0 saturated carbocycles. The summed E-state index contributed by atoms with van der Waals surface area (Å²) in [5.41, 5.74) is 0.167. The molecule has 1 aromatic heterocycles. The van der Waals surface area contributed by atoms with Gasteiger partial charge in [-0.3, -0.25) is 4.79 Å². The molecule has 94 valence electrons. The normalized spacial score (nSPS) is 11.4. The van der Waals surface area contributed by atoms with Crippen molar-refractivity contribution in [2.24, 2.45) is 0 Å². The second-order valence-corrected chi connectivity index (χ2v) is 6.68. The van der Waals surface area contributed by atoms with Crippen LogP contribution in [-0.2, 0) is 15.6 Å². The molecule has 0 aliphatic carbocycles. The van der Waals surface area contributed by atoms with Crippen LogP contribution >= 0.6 is 15.9 Å². The molecule has 1 N–H and O–H groups in total. The highest BCUT2D eigenvalue weighted by Gasteiger charge is 2.15. The van der Waals surface area contributed by atoms with Crippen LogP contribution in [0.3, 0.4) is 0 Å². The van der Waals surface area contributed by atoms with Crippen molar-refractivity contribution in [1.82, 2.24) is 4.98 Å². The van der Waals surface area contributed by atoms with Gasteiger partial charge in [-0.1, -0.05) is 15.9 Å². The molecule has 2 rings (SSSR count). The number of benzene rings is 1. The van der Waals surface area contributed by atoms with Gasteiger partial charge in [-0.05, 0) is 35.9 Å². The topological polar surface area (TPSA) is 67.0 Å². The van der Waals surface area contributed by atoms with E-state index in [0.717, 1.165) is 4.47 Å². The Hall–Kier alpha value is -1.40. The van der Waals surface area contributed by atoms with E-state index in [-0.39, 0.29) is 16.2 Å². The van der Waals surface area contributed by atoms with E-state index >= 15 is 0 Å². The lowest BCUT2D eigenvalue weighted by atomic mass is 10.3. The number of hydrogen-bond donors (Lipinski definition) is 1. The molecule has 6 heteroatoms. The fraction of sp³-hybridized carbons (Fsp3) is 0.0833. The van der Waals surface area contributed by atoms with Crippen molar-refractivity contribution in [2.45, 2.75) is 10.6 Å². The highest BCUT2D eigenvalue weighted by atomic mass is 79.9. The van der Waals surface area contributed by atoms with Crippen LogP contribution < -0.4 is 5.56 Å². The molecule has 0 bridgehead atoms. The Kier molecular flexibility index (Phi) is 3.68. The molecule has 2 aromatic rings. The van der Waals surface area contributed by atoms with E-state index in [0.29, 0.717) is 5.56 Å². The third kappa shape index (κ3) is 3.08. The summed E-state index contributed by atoms with van der Waals surface area (Å²) in [7, 11) is -3.42. The molecular formula is C12H10BrNO3S. The number of halogens is 1. The van der Waals surface area contributed by atoms with Gasteiger partial charge < -0.3 is 4.98 Å². The largest absolute Gasteiger partial charge is 0.329 e. The van der Waals surface area contributed by atoms with Gasteiger partial charge in [0, 0.05) is 16.7 Å². The zero-order chi connectivity index (χ0) is 13.2. The van der Waals surface area contributed by atoms with E-state index in [1.165, 1.54) is 24.4 Å². The van der Waals surface area contributed by atoms with Gasteiger partial charge >= 0.3 is 0 Å². The van der Waals surface area contributed by atoms with Crippen molar-refractivity contribution in [3.8, 4) is 0 Å². The van der Waals surface area contributed by atoms with Crippen LogP contribution in [0, 0.1) is 0 Å². The van der Waals surface area contributed by atoms with E-state index in [4.69, 9.17) is 0 Å². The van der Waals surface area contributed by atoms with Gasteiger partial charge in [0.1, 0.15) is 0 Å². The van der Waals surface area contributed by atoms with Crippen molar-refractivity contribution >= 4 is 25.8 Å². The van der Waals surface area contributed by atoms with Gasteiger partial charge in [0.15, 0.2) is 9.84 Å². The molecule has 0 fully saturated rings. The molecule has 0 amide bonds. The Balaban J connectivity index is 2.33. The predicted octanol–water partition coefficient (Wildman–Crippen LogP) is 2.11. The maximum Gasteiger partial charge on any atom is 0.248 e. The average molecular weight is 328 g/mol. The lowest BCUT2D eigenvalue weighted by Gasteiger charge is -2.04. The molecular weight excluding hydrogens is 318 g/mol. The Labute approximate surface area is 113 Å². The van der Waals surface area contributed by atoms with Crippen molar-refractivity contribution in [1.29, 1.82) is 0 Å². The summed E-state index contributed by atoms with van der Waals surface area (Å²) in [5.74, 6) is -0.182. The highest BCUT2D eigenvalue weighted by Crippen LogP contribution is 2.18. The first-order chi connectivity index (χ1) is 8.47. The molecule has 0 atom stereocenters. The average Bonchev–Trinajstić information content (AvgIpc) is 2.29. The van der Waals surface area contributed by atoms with Crippen molar-refractivity contribution in [2.75, 3.05) is 0 Å². The van der Waals surface area contributed by atoms with E-state index < -0.39 is 9.84 Å². The zero-order valence-corrected chi connectivity index (χ0v) is 11.7. The van der Waals surface area contributed by atoms with Crippen LogP contribution in [0.25, 0.3) is 0 Å². The van der Waals surface area contributed by atoms with E-state index in [9.17, 15) is 13.2 Å². The molecule has 1 heterocycles. The molecule has 0 unspecified atom stereocenters. The van der Waals surface area contributed by atoms with Gasteiger partial charge in [0.05, 0.1) is 10.6 Å². The third-order valence-corrected chi connectivity index (χ3v) is 4.60. The monoisotopic (exact) mass is 327 g/mol. The molecule has 0 radical (unpaired) electrons. The third-order valence-electron chi connectivity index (χ3n) is 2.37. The molecule has 0 aliphatic rings. The van der Waals surface area contributed by atoms with E-state index in [2.05, 4.69) is 20.9 Å². The Morgan fingerprint density at radius 1 is 1.11 bits per heavy atom. The SMILES string of the molecule is O=c1cc(CS(=O)(=O)c2ccc(Br)cc2)cc[nH]1. The van der Waals surface area contributed by atoms with Gasteiger partial charge in [0.25, 0.3) is 0 Å². The van der Waals surface area contributed by atoms with Crippen molar-refractivity contribution in [3.63, 3.8) is 0 Å². The number of rotatable bonds is 3. The quantitative estimate of drug-likeness (QED) is 0.938. The Bertz CT molecular complexity index is 705. The van der Waals surface area contributed by atoms with Gasteiger partial charge in [-0.15, -0.1) is 0 Å². The maximum absolute atomic E-state index is 12.1. The first-order valence-electron chi connectivity index (χ1n) is 5.13. The second kappa shape index (κ2) is 5.07. The summed E-state index contributed by atoms with van der Waals surface area (Å²) in [6, 6.07) is 9.28. The summed E-state index contributed by atoms with van der Waals surface area (Å²) < 4.78 is 25.0. The van der Waals surface area contributed by atoms with Gasteiger partial charge in [0.2, 0.25) is 5.56 Å². The molecule has 0 aliphatic heterocycles. The first kappa shape index (κ1) is 13.0. The number of nitrogens with one attached hydrogen (secondary N) is 1. The lowest BCUT2D eigenvalue weighted by molar-refractivity contribution is 0.595. The number of aromatic nitrogens is 1. The van der Waals surface area contributed by atoms with Crippen LogP contribution in [0.15, 0.2) is 56.8 Å². The minimum atomic E-state index is -3.42. The molecule has 18 heavy (non-hydrogen) atoms. The molecule has 0 saturated heterocycles. The summed E-state index contributed by atoms with van der Waals surface area (Å²) in [5, 5.41) is 0. The summed E-state index contributed by atoms with van der Waals surface area (Å²) in [6.07, 6.45) is 1.44. The fourth-order valence-electron chi connectivity index (χ4n) is 1.52. The first-order valence-corrected chi connectivity index (χ1v) is 7.58. The van der Waals surface area contributed by atoms with Crippen LogP contribution in [-0.4, -0.2) is 13.4 Å². The molecule has 1 aromatic carbocycles. The fourth-order valence-corrected chi connectivity index (χ4v) is 3.12. The highest BCUT2D eigenvalue weighted by molar-refractivity contribution is 9.10. The van der Waals surface area contributed by atoms with E-state index in [1.54, 1.807) is 18.2 Å². The van der Waals surface area contributed by atoms with Crippen molar-refractivity contribution in [3.05, 3.63) is 63.0 Å². The smallest absolute Gasteiger partial charge is 0.248 e. The standard InChI is InChI=1S/C12H10BrNO3S/c13-10-1-3-11(4-2-10)18(16,17)8-9-5-6-14-12(15)7-9/h1-7H,8H2,(H,14,15). The van der Waals surface area contributed by atoms with Gasteiger partial charge in [-0.2, -0.15) is 0 Å². The Morgan fingerprint density at radius 2 is 1.78 bits per heavy atom. The number of hydrogen-bond acceptors (Lipinski definition) is 3. The summed E-state index contributed by atoms with van der Waals surface area (Å²) in [4.78, 5) is 13.8. The van der Waals surface area contributed by atoms with Crippen molar-refractivity contribution < 1.29 is 8.42 Å². The summed E-state index contributed by atoms with van der Waals surface area (Å²) >= 11 is 3.25. The lowest BCUT2D eigenvalue weighted by Crippen LogP contribution is -2.09. The maximum atomic E-state index is 12.1. The Morgan fingerprint density at radius 3 is 2.39 bits per heavy atom. The van der Waals surface area contributed by atoms with Crippen LogP contribution in [0.2, 0.25) is 0 Å². The number of sulfone groups is 1. The minimum absolute atomic E-state index is 0.182. The van der Waals surface area contributed by atoms with Crippen LogP contribution in [0.1, 0.15) is 5.56 Å². The summed E-state index contributed by atoms with van der Waals surface area (Å²) in [6.45, 7) is 0. The minimum Gasteiger partial charge on any atom is -0.329 e.